The Hall–Kier alpha value is -1.72. The van der Waals surface area contributed by atoms with Crippen LogP contribution in [0.1, 0.15) is 30.9 Å². The van der Waals surface area contributed by atoms with Crippen LogP contribution < -0.4 is 5.32 Å². The van der Waals surface area contributed by atoms with E-state index < -0.39 is 5.60 Å². The van der Waals surface area contributed by atoms with Crippen molar-refractivity contribution in [3.05, 3.63) is 48.0 Å². The molecular weight excluding hydrogens is 264 g/mol. The Kier molecular flexibility index (Phi) is 4.03. The zero-order chi connectivity index (χ0) is 14.7. The van der Waals surface area contributed by atoms with Gasteiger partial charge in [0.05, 0.1) is 0 Å². The van der Waals surface area contributed by atoms with Gasteiger partial charge in [0.2, 0.25) is 0 Å². The maximum absolute atomic E-state index is 10.9. The van der Waals surface area contributed by atoms with E-state index in [1.165, 1.54) is 5.56 Å². The lowest BCUT2D eigenvalue weighted by Crippen LogP contribution is -2.40. The summed E-state index contributed by atoms with van der Waals surface area (Å²) in [7, 11) is 0. The summed E-state index contributed by atoms with van der Waals surface area (Å²) in [5, 5.41) is 18.4. The SMILES string of the molecule is CC(CCn1cncn1)NCC1(O)CCc2ccccc21. The highest BCUT2D eigenvalue weighted by Crippen LogP contribution is 2.36. The second-order valence-corrected chi connectivity index (χ2v) is 5.92. The minimum atomic E-state index is -0.724. The molecule has 0 bridgehead atoms. The van der Waals surface area contributed by atoms with E-state index in [-0.39, 0.29) is 0 Å². The largest absolute Gasteiger partial charge is 0.384 e. The average molecular weight is 286 g/mol. The van der Waals surface area contributed by atoms with Gasteiger partial charge in [-0.1, -0.05) is 24.3 Å². The molecule has 0 radical (unpaired) electrons. The first-order chi connectivity index (χ1) is 10.2. The van der Waals surface area contributed by atoms with Crippen molar-refractivity contribution in [3.63, 3.8) is 0 Å². The van der Waals surface area contributed by atoms with E-state index in [1.54, 1.807) is 12.7 Å². The van der Waals surface area contributed by atoms with Gasteiger partial charge in [0, 0.05) is 19.1 Å². The van der Waals surface area contributed by atoms with Gasteiger partial charge in [-0.15, -0.1) is 0 Å². The highest BCUT2D eigenvalue weighted by atomic mass is 16.3. The molecule has 112 valence electrons. The molecule has 1 aliphatic carbocycles. The molecule has 0 fully saturated rings. The van der Waals surface area contributed by atoms with Crippen LogP contribution in [0.15, 0.2) is 36.9 Å². The van der Waals surface area contributed by atoms with E-state index in [9.17, 15) is 5.11 Å². The lowest BCUT2D eigenvalue weighted by Gasteiger charge is -2.26. The third kappa shape index (κ3) is 3.14. The van der Waals surface area contributed by atoms with Gasteiger partial charge in [-0.25, -0.2) is 4.98 Å². The summed E-state index contributed by atoms with van der Waals surface area (Å²) < 4.78 is 1.83. The number of aryl methyl sites for hydroxylation is 2. The number of nitrogens with zero attached hydrogens (tertiary/aromatic N) is 3. The number of hydrogen-bond acceptors (Lipinski definition) is 4. The van der Waals surface area contributed by atoms with Crippen LogP contribution in [0.3, 0.4) is 0 Å². The normalized spacial score (nSPS) is 22.2. The number of rotatable bonds is 6. The quantitative estimate of drug-likeness (QED) is 0.844. The summed E-state index contributed by atoms with van der Waals surface area (Å²) in [4.78, 5) is 3.94. The summed E-state index contributed by atoms with van der Waals surface area (Å²) in [5.41, 5.74) is 1.64. The fourth-order valence-electron chi connectivity index (χ4n) is 2.97. The standard InChI is InChI=1S/C16H22N4O/c1-13(7-9-20-12-17-11-19-20)18-10-16(21)8-6-14-4-2-3-5-15(14)16/h2-5,11-13,18,21H,6-10H2,1H3. The van der Waals surface area contributed by atoms with Crippen molar-refractivity contribution in [3.8, 4) is 0 Å². The maximum Gasteiger partial charge on any atom is 0.137 e. The van der Waals surface area contributed by atoms with Crippen molar-refractivity contribution in [1.82, 2.24) is 20.1 Å². The van der Waals surface area contributed by atoms with Crippen molar-refractivity contribution in [2.75, 3.05) is 6.54 Å². The summed E-state index contributed by atoms with van der Waals surface area (Å²) in [6.07, 6.45) is 6.00. The van der Waals surface area contributed by atoms with Crippen LogP contribution in [0, 0.1) is 0 Å². The smallest absolute Gasteiger partial charge is 0.137 e. The number of aliphatic hydroxyl groups is 1. The molecule has 21 heavy (non-hydrogen) atoms. The molecule has 3 rings (SSSR count). The molecule has 1 heterocycles. The van der Waals surface area contributed by atoms with Crippen molar-refractivity contribution in [2.24, 2.45) is 0 Å². The molecule has 5 nitrogen and oxygen atoms in total. The topological polar surface area (TPSA) is 63.0 Å². The molecule has 2 N–H and O–H groups in total. The van der Waals surface area contributed by atoms with E-state index in [0.29, 0.717) is 12.6 Å². The number of hydrogen-bond donors (Lipinski definition) is 2. The average Bonchev–Trinajstić information content (AvgIpc) is 3.13. The van der Waals surface area contributed by atoms with Crippen molar-refractivity contribution < 1.29 is 5.11 Å². The molecule has 0 spiro atoms. The van der Waals surface area contributed by atoms with Crippen LogP contribution in [-0.2, 0) is 18.6 Å². The summed E-state index contributed by atoms with van der Waals surface area (Å²) in [6, 6.07) is 8.53. The van der Waals surface area contributed by atoms with Crippen LogP contribution in [0.4, 0.5) is 0 Å². The van der Waals surface area contributed by atoms with E-state index in [1.807, 2.05) is 22.9 Å². The van der Waals surface area contributed by atoms with Gasteiger partial charge in [0.15, 0.2) is 0 Å². The van der Waals surface area contributed by atoms with E-state index in [0.717, 1.165) is 31.4 Å². The molecule has 1 aromatic carbocycles. The third-order valence-electron chi connectivity index (χ3n) is 4.33. The Morgan fingerprint density at radius 3 is 3.10 bits per heavy atom. The zero-order valence-electron chi connectivity index (χ0n) is 12.4. The number of fused-ring (bicyclic) bond motifs is 1. The van der Waals surface area contributed by atoms with Crippen LogP contribution in [0.25, 0.3) is 0 Å². The molecule has 1 aromatic heterocycles. The van der Waals surface area contributed by atoms with E-state index >= 15 is 0 Å². The summed E-state index contributed by atoms with van der Waals surface area (Å²) in [6.45, 7) is 3.58. The molecule has 2 unspecified atom stereocenters. The first kappa shape index (κ1) is 14.2. The number of nitrogens with one attached hydrogen (secondary N) is 1. The first-order valence-electron chi connectivity index (χ1n) is 7.54. The third-order valence-corrected chi connectivity index (χ3v) is 4.33. The Bertz CT molecular complexity index is 584. The first-order valence-corrected chi connectivity index (χ1v) is 7.54. The molecular formula is C16H22N4O. The molecule has 0 saturated carbocycles. The van der Waals surface area contributed by atoms with Gasteiger partial charge in [-0.05, 0) is 37.3 Å². The molecule has 0 aliphatic heterocycles. The Labute approximate surface area is 125 Å². The minimum Gasteiger partial charge on any atom is -0.384 e. The van der Waals surface area contributed by atoms with Crippen LogP contribution in [-0.4, -0.2) is 32.5 Å². The van der Waals surface area contributed by atoms with Crippen molar-refractivity contribution in [2.45, 2.75) is 44.4 Å². The molecule has 5 heteroatoms. The lowest BCUT2D eigenvalue weighted by atomic mass is 9.95. The molecule has 0 amide bonds. The Morgan fingerprint density at radius 1 is 1.43 bits per heavy atom. The monoisotopic (exact) mass is 286 g/mol. The van der Waals surface area contributed by atoms with Crippen LogP contribution in [0.5, 0.6) is 0 Å². The maximum atomic E-state index is 10.9. The molecule has 0 saturated heterocycles. The highest BCUT2D eigenvalue weighted by Gasteiger charge is 2.36. The second-order valence-electron chi connectivity index (χ2n) is 5.92. The van der Waals surface area contributed by atoms with Gasteiger partial charge in [0.1, 0.15) is 18.3 Å². The Morgan fingerprint density at radius 2 is 2.29 bits per heavy atom. The van der Waals surface area contributed by atoms with Crippen LogP contribution >= 0.6 is 0 Å². The van der Waals surface area contributed by atoms with E-state index in [4.69, 9.17) is 0 Å². The molecule has 1 aliphatic rings. The predicted octanol–water partition coefficient (Wildman–Crippen LogP) is 1.48. The zero-order valence-corrected chi connectivity index (χ0v) is 12.4. The van der Waals surface area contributed by atoms with Gasteiger partial charge in [-0.3, -0.25) is 4.68 Å². The van der Waals surface area contributed by atoms with Crippen LogP contribution in [0.2, 0.25) is 0 Å². The van der Waals surface area contributed by atoms with Crippen molar-refractivity contribution in [1.29, 1.82) is 0 Å². The molecule has 2 atom stereocenters. The Balaban J connectivity index is 1.53. The predicted molar refractivity (Wildman–Crippen MR) is 80.8 cm³/mol. The lowest BCUT2D eigenvalue weighted by molar-refractivity contribution is 0.0359. The number of aromatic nitrogens is 3. The number of benzene rings is 1. The van der Waals surface area contributed by atoms with Gasteiger partial charge in [-0.2, -0.15) is 5.10 Å². The molecule has 2 aromatic rings. The van der Waals surface area contributed by atoms with Gasteiger partial charge < -0.3 is 10.4 Å². The van der Waals surface area contributed by atoms with Gasteiger partial charge >= 0.3 is 0 Å². The fraction of sp³-hybridized carbons (Fsp3) is 0.500. The minimum absolute atomic E-state index is 0.325. The summed E-state index contributed by atoms with van der Waals surface area (Å²) >= 11 is 0. The van der Waals surface area contributed by atoms with Crippen molar-refractivity contribution >= 4 is 0 Å². The van der Waals surface area contributed by atoms with Gasteiger partial charge in [0.25, 0.3) is 0 Å². The second kappa shape index (κ2) is 5.95. The summed E-state index contributed by atoms with van der Waals surface area (Å²) in [5.74, 6) is 0. The van der Waals surface area contributed by atoms with E-state index in [2.05, 4.69) is 28.4 Å². The fourth-order valence-corrected chi connectivity index (χ4v) is 2.97. The highest BCUT2D eigenvalue weighted by molar-refractivity contribution is 5.37.